The summed E-state index contributed by atoms with van der Waals surface area (Å²) in [5.41, 5.74) is 3.44. The number of piperidine rings is 1. The minimum atomic E-state index is 0.0101. The lowest BCUT2D eigenvalue weighted by molar-refractivity contribution is -0.141. The normalized spacial score (nSPS) is 26.2. The standard InChI is InChI=1S/C27H37N5O2/c1-3-22-15-20-16-28-27(29-21-10-13-34-14-11-21)30-25(20)18-32(22)26(33)23-9-12-31(2)17-24(23)19-7-5-4-6-8-19/h4-8,16,21-24H,3,9-15,17-18H2,1-2H3,(H,28,29,30)/t22-,23+,24-/m1/s1. The van der Waals surface area contributed by atoms with Crippen molar-refractivity contribution < 1.29 is 9.53 Å². The van der Waals surface area contributed by atoms with E-state index >= 15 is 0 Å². The van der Waals surface area contributed by atoms with Gasteiger partial charge in [0.05, 0.1) is 12.2 Å². The Balaban J connectivity index is 1.36. The summed E-state index contributed by atoms with van der Waals surface area (Å²) >= 11 is 0. The van der Waals surface area contributed by atoms with Crippen molar-refractivity contribution in [3.8, 4) is 0 Å². The van der Waals surface area contributed by atoms with Gasteiger partial charge in [-0.15, -0.1) is 0 Å². The van der Waals surface area contributed by atoms with Crippen LogP contribution in [-0.4, -0.2) is 71.1 Å². The summed E-state index contributed by atoms with van der Waals surface area (Å²) in [5, 5.41) is 3.49. The van der Waals surface area contributed by atoms with Crippen molar-refractivity contribution in [3.63, 3.8) is 0 Å². The van der Waals surface area contributed by atoms with Gasteiger partial charge in [0.25, 0.3) is 0 Å². The fourth-order valence-corrected chi connectivity index (χ4v) is 5.78. The molecule has 0 bridgehead atoms. The molecule has 1 amide bonds. The van der Waals surface area contributed by atoms with Crippen LogP contribution in [0.1, 0.15) is 55.3 Å². The summed E-state index contributed by atoms with van der Waals surface area (Å²) in [7, 11) is 2.16. The van der Waals surface area contributed by atoms with E-state index in [-0.39, 0.29) is 23.8 Å². The number of benzene rings is 1. The van der Waals surface area contributed by atoms with Gasteiger partial charge in [-0.3, -0.25) is 4.79 Å². The number of amides is 1. The maximum absolute atomic E-state index is 14.1. The molecule has 1 N–H and O–H groups in total. The molecule has 34 heavy (non-hydrogen) atoms. The number of rotatable bonds is 5. The Morgan fingerprint density at radius 2 is 1.97 bits per heavy atom. The predicted molar refractivity (Wildman–Crippen MR) is 133 cm³/mol. The molecule has 0 radical (unpaired) electrons. The predicted octanol–water partition coefficient (Wildman–Crippen LogP) is 3.47. The van der Waals surface area contributed by atoms with E-state index in [1.54, 1.807) is 0 Å². The molecule has 2 aromatic rings. The summed E-state index contributed by atoms with van der Waals surface area (Å²) < 4.78 is 5.47. The van der Waals surface area contributed by atoms with Crippen LogP contribution in [0.25, 0.3) is 0 Å². The number of likely N-dealkylation sites (N-methyl/N-ethyl adjacent to an activating group) is 1. The van der Waals surface area contributed by atoms with Gasteiger partial charge in [0.15, 0.2) is 0 Å². The zero-order valence-electron chi connectivity index (χ0n) is 20.4. The third-order valence-electron chi connectivity index (χ3n) is 7.84. The summed E-state index contributed by atoms with van der Waals surface area (Å²) in [5.74, 6) is 1.20. The zero-order chi connectivity index (χ0) is 23.5. The number of aromatic nitrogens is 2. The molecule has 0 saturated carbocycles. The lowest BCUT2D eigenvalue weighted by Crippen LogP contribution is -2.51. The zero-order valence-corrected chi connectivity index (χ0v) is 20.4. The fraction of sp³-hybridized carbons (Fsp3) is 0.593. The van der Waals surface area contributed by atoms with Crippen molar-refractivity contribution >= 4 is 11.9 Å². The number of fused-ring (bicyclic) bond motifs is 1. The number of ether oxygens (including phenoxy) is 1. The first kappa shape index (κ1) is 23.2. The van der Waals surface area contributed by atoms with Gasteiger partial charge >= 0.3 is 0 Å². The molecule has 3 atom stereocenters. The number of likely N-dealkylation sites (tertiary alicyclic amines) is 1. The molecule has 2 saturated heterocycles. The monoisotopic (exact) mass is 463 g/mol. The van der Waals surface area contributed by atoms with Crippen molar-refractivity contribution in [2.24, 2.45) is 5.92 Å². The summed E-state index contributed by atoms with van der Waals surface area (Å²) in [6.45, 7) is 6.20. The molecule has 0 unspecified atom stereocenters. The number of hydrogen-bond acceptors (Lipinski definition) is 6. The number of nitrogens with zero attached hydrogens (tertiary/aromatic N) is 4. The second kappa shape index (κ2) is 10.4. The third kappa shape index (κ3) is 4.96. The fourth-order valence-electron chi connectivity index (χ4n) is 5.78. The lowest BCUT2D eigenvalue weighted by atomic mass is 9.79. The van der Waals surface area contributed by atoms with Crippen LogP contribution < -0.4 is 5.32 Å². The van der Waals surface area contributed by atoms with Crippen molar-refractivity contribution in [1.82, 2.24) is 19.8 Å². The molecule has 4 heterocycles. The number of hydrogen-bond donors (Lipinski definition) is 1. The van der Waals surface area contributed by atoms with Crippen molar-refractivity contribution in [2.45, 2.75) is 63.6 Å². The van der Waals surface area contributed by atoms with Crippen molar-refractivity contribution in [3.05, 3.63) is 53.3 Å². The molecule has 0 aliphatic carbocycles. The highest BCUT2D eigenvalue weighted by Crippen LogP contribution is 2.36. The van der Waals surface area contributed by atoms with Gasteiger partial charge in [0.1, 0.15) is 0 Å². The van der Waals surface area contributed by atoms with E-state index in [2.05, 4.69) is 58.3 Å². The van der Waals surface area contributed by atoms with Gasteiger partial charge in [0, 0.05) is 49.9 Å². The molecule has 182 valence electrons. The Labute approximate surface area is 202 Å². The van der Waals surface area contributed by atoms with E-state index in [1.165, 1.54) is 11.1 Å². The van der Waals surface area contributed by atoms with Gasteiger partial charge in [-0.25, -0.2) is 9.97 Å². The molecule has 3 aliphatic heterocycles. The average Bonchev–Trinajstić information content (AvgIpc) is 2.88. The summed E-state index contributed by atoms with van der Waals surface area (Å²) in [4.78, 5) is 28.0. The minimum absolute atomic E-state index is 0.0101. The van der Waals surface area contributed by atoms with Gasteiger partial charge in [-0.2, -0.15) is 0 Å². The van der Waals surface area contributed by atoms with E-state index < -0.39 is 0 Å². The van der Waals surface area contributed by atoms with Crippen LogP contribution in [0.5, 0.6) is 0 Å². The lowest BCUT2D eigenvalue weighted by Gasteiger charge is -2.42. The molecule has 3 aliphatic rings. The van der Waals surface area contributed by atoms with E-state index in [9.17, 15) is 4.79 Å². The Kier molecular flexibility index (Phi) is 7.11. The van der Waals surface area contributed by atoms with Crippen molar-refractivity contribution in [1.29, 1.82) is 0 Å². The molecule has 1 aromatic carbocycles. The highest BCUT2D eigenvalue weighted by atomic mass is 16.5. The van der Waals surface area contributed by atoms with Gasteiger partial charge < -0.3 is 19.9 Å². The minimum Gasteiger partial charge on any atom is -0.381 e. The maximum atomic E-state index is 14.1. The van der Waals surface area contributed by atoms with Crippen LogP contribution in [0.2, 0.25) is 0 Å². The second-order valence-electron chi connectivity index (χ2n) is 10.1. The molecular weight excluding hydrogens is 426 g/mol. The number of carbonyl (C=O) groups is 1. The van der Waals surface area contributed by atoms with Crippen LogP contribution in [-0.2, 0) is 22.5 Å². The number of nitrogens with one attached hydrogen (secondary N) is 1. The van der Waals surface area contributed by atoms with Crippen LogP contribution in [0.15, 0.2) is 36.5 Å². The molecule has 1 aromatic heterocycles. The molecular formula is C27H37N5O2. The quantitative estimate of drug-likeness (QED) is 0.732. The van der Waals surface area contributed by atoms with Gasteiger partial charge in [-0.1, -0.05) is 37.3 Å². The topological polar surface area (TPSA) is 70.6 Å². The highest BCUT2D eigenvalue weighted by Gasteiger charge is 2.39. The molecule has 7 heteroatoms. The first-order valence-electron chi connectivity index (χ1n) is 12.9. The first-order valence-corrected chi connectivity index (χ1v) is 12.9. The van der Waals surface area contributed by atoms with Crippen LogP contribution in [0.3, 0.4) is 0 Å². The Morgan fingerprint density at radius 1 is 1.18 bits per heavy atom. The largest absolute Gasteiger partial charge is 0.381 e. The molecule has 7 nitrogen and oxygen atoms in total. The Morgan fingerprint density at radius 3 is 2.74 bits per heavy atom. The van der Waals surface area contributed by atoms with Gasteiger partial charge in [-0.05, 0) is 56.8 Å². The summed E-state index contributed by atoms with van der Waals surface area (Å²) in [6.07, 6.45) is 6.58. The Hall–Kier alpha value is -2.51. The summed E-state index contributed by atoms with van der Waals surface area (Å²) in [6, 6.07) is 11.1. The third-order valence-corrected chi connectivity index (χ3v) is 7.84. The molecule has 5 rings (SSSR count). The van der Waals surface area contributed by atoms with Crippen LogP contribution in [0.4, 0.5) is 5.95 Å². The van der Waals surface area contributed by atoms with Crippen LogP contribution >= 0.6 is 0 Å². The Bertz CT molecular complexity index is 978. The van der Waals surface area contributed by atoms with Gasteiger partial charge in [0.2, 0.25) is 11.9 Å². The van der Waals surface area contributed by atoms with E-state index in [4.69, 9.17) is 9.72 Å². The SMILES string of the molecule is CC[C@@H]1Cc2cnc(NC3CCOCC3)nc2CN1C(=O)[C@H]1CCN(C)C[C@@H]1c1ccccc1. The van der Waals surface area contributed by atoms with E-state index in [0.717, 1.165) is 64.1 Å². The van der Waals surface area contributed by atoms with Crippen molar-refractivity contribution in [2.75, 3.05) is 38.7 Å². The maximum Gasteiger partial charge on any atom is 0.227 e. The first-order chi connectivity index (χ1) is 16.6. The van der Waals surface area contributed by atoms with Crippen LogP contribution in [0, 0.1) is 5.92 Å². The highest BCUT2D eigenvalue weighted by molar-refractivity contribution is 5.81. The molecule has 2 fully saturated rings. The smallest absolute Gasteiger partial charge is 0.227 e. The number of carbonyl (C=O) groups excluding carboxylic acids is 1. The number of anilines is 1. The average molecular weight is 464 g/mol. The van der Waals surface area contributed by atoms with E-state index in [1.807, 2.05) is 12.3 Å². The van der Waals surface area contributed by atoms with E-state index in [0.29, 0.717) is 18.5 Å². The second-order valence-corrected chi connectivity index (χ2v) is 10.1. The molecule has 0 spiro atoms.